The predicted octanol–water partition coefficient (Wildman–Crippen LogP) is 3.49. The van der Waals surface area contributed by atoms with E-state index in [0.717, 1.165) is 16.3 Å². The van der Waals surface area contributed by atoms with Gasteiger partial charge in [0.25, 0.3) is 0 Å². The molecular weight excluding hydrogens is 232 g/mol. The molecule has 2 rings (SSSR count). The number of aromatic nitrogens is 1. The van der Waals surface area contributed by atoms with Gasteiger partial charge in [-0.3, -0.25) is 0 Å². The zero-order chi connectivity index (χ0) is 12.3. The molecule has 1 aromatic carbocycles. The molecule has 88 valence electrons. The van der Waals surface area contributed by atoms with Crippen LogP contribution in [-0.4, -0.2) is 11.2 Å². The number of anilines is 1. The Morgan fingerprint density at radius 3 is 2.71 bits per heavy atom. The molecule has 0 aliphatic carbocycles. The van der Waals surface area contributed by atoms with Gasteiger partial charge in [-0.1, -0.05) is 12.1 Å². The molecule has 0 aliphatic heterocycles. The Morgan fingerprint density at radius 2 is 1.94 bits per heavy atom. The SMILES string of the molecule is CSc1ccccc1Oc1nc(C)ccc1N. The summed E-state index contributed by atoms with van der Waals surface area (Å²) in [5, 5.41) is 0. The quantitative estimate of drug-likeness (QED) is 0.842. The minimum Gasteiger partial charge on any atom is -0.436 e. The zero-order valence-corrected chi connectivity index (χ0v) is 10.6. The highest BCUT2D eigenvalue weighted by Gasteiger charge is 2.07. The van der Waals surface area contributed by atoms with Gasteiger partial charge in [-0.2, -0.15) is 0 Å². The molecule has 4 heteroatoms. The largest absolute Gasteiger partial charge is 0.436 e. The molecule has 1 aromatic heterocycles. The van der Waals surface area contributed by atoms with Gasteiger partial charge in [0.15, 0.2) is 0 Å². The Kier molecular flexibility index (Phi) is 3.54. The molecule has 2 aromatic rings. The van der Waals surface area contributed by atoms with Crippen molar-refractivity contribution in [1.82, 2.24) is 4.98 Å². The highest BCUT2D eigenvalue weighted by Crippen LogP contribution is 2.32. The van der Waals surface area contributed by atoms with Crippen molar-refractivity contribution in [3.63, 3.8) is 0 Å². The Balaban J connectivity index is 2.34. The van der Waals surface area contributed by atoms with Gasteiger partial charge >= 0.3 is 0 Å². The Morgan fingerprint density at radius 1 is 1.18 bits per heavy atom. The van der Waals surface area contributed by atoms with Crippen molar-refractivity contribution in [1.29, 1.82) is 0 Å². The van der Waals surface area contributed by atoms with Crippen LogP contribution in [0.4, 0.5) is 5.69 Å². The molecule has 0 saturated heterocycles. The summed E-state index contributed by atoms with van der Waals surface area (Å²) in [6.07, 6.45) is 2.01. The monoisotopic (exact) mass is 246 g/mol. The Labute approximate surface area is 105 Å². The van der Waals surface area contributed by atoms with Gasteiger partial charge in [0.1, 0.15) is 5.75 Å². The molecule has 3 nitrogen and oxygen atoms in total. The maximum Gasteiger partial charge on any atom is 0.242 e. The number of nitrogens with zero attached hydrogens (tertiary/aromatic N) is 1. The van der Waals surface area contributed by atoms with Crippen molar-refractivity contribution in [2.24, 2.45) is 0 Å². The van der Waals surface area contributed by atoms with Crippen LogP contribution in [0.3, 0.4) is 0 Å². The second-order valence-corrected chi connectivity index (χ2v) is 4.45. The Bertz CT molecular complexity index is 529. The minimum atomic E-state index is 0.464. The smallest absolute Gasteiger partial charge is 0.242 e. The van der Waals surface area contributed by atoms with Crippen molar-refractivity contribution in [2.75, 3.05) is 12.0 Å². The van der Waals surface area contributed by atoms with Crippen LogP contribution in [0.2, 0.25) is 0 Å². The fraction of sp³-hybridized carbons (Fsp3) is 0.154. The van der Waals surface area contributed by atoms with Crippen LogP contribution in [-0.2, 0) is 0 Å². The number of hydrogen-bond acceptors (Lipinski definition) is 4. The number of nitrogens with two attached hydrogens (primary N) is 1. The first-order chi connectivity index (χ1) is 8.20. The van der Waals surface area contributed by atoms with Gasteiger partial charge in [-0.15, -0.1) is 11.8 Å². The number of rotatable bonds is 3. The first-order valence-corrected chi connectivity index (χ1v) is 6.47. The van der Waals surface area contributed by atoms with E-state index in [9.17, 15) is 0 Å². The number of nitrogen functional groups attached to an aromatic ring is 1. The van der Waals surface area contributed by atoms with Crippen LogP contribution >= 0.6 is 11.8 Å². The van der Waals surface area contributed by atoms with E-state index in [0.29, 0.717) is 11.6 Å². The number of hydrogen-bond donors (Lipinski definition) is 1. The van der Waals surface area contributed by atoms with E-state index in [1.54, 1.807) is 17.8 Å². The number of thioether (sulfide) groups is 1. The molecule has 0 radical (unpaired) electrons. The van der Waals surface area contributed by atoms with Gasteiger partial charge in [0.05, 0.1) is 5.69 Å². The molecule has 2 N–H and O–H groups in total. The molecule has 0 saturated carbocycles. The van der Waals surface area contributed by atoms with E-state index in [1.165, 1.54) is 0 Å². The lowest BCUT2D eigenvalue weighted by molar-refractivity contribution is 0.453. The van der Waals surface area contributed by atoms with Crippen LogP contribution in [0.5, 0.6) is 11.6 Å². The summed E-state index contributed by atoms with van der Waals surface area (Å²) in [5.41, 5.74) is 7.27. The molecule has 0 amide bonds. The number of aryl methyl sites for hydroxylation is 1. The summed E-state index contributed by atoms with van der Waals surface area (Å²) in [5.74, 6) is 1.25. The van der Waals surface area contributed by atoms with Crippen molar-refractivity contribution in [3.8, 4) is 11.6 Å². The van der Waals surface area contributed by atoms with Gasteiger partial charge in [0, 0.05) is 10.6 Å². The maximum absolute atomic E-state index is 5.83. The third-order valence-corrected chi connectivity index (χ3v) is 3.08. The maximum atomic E-state index is 5.83. The third kappa shape index (κ3) is 2.71. The first-order valence-electron chi connectivity index (χ1n) is 5.24. The molecule has 0 fully saturated rings. The van der Waals surface area contributed by atoms with Crippen molar-refractivity contribution in [3.05, 3.63) is 42.1 Å². The van der Waals surface area contributed by atoms with Crippen molar-refractivity contribution < 1.29 is 4.74 Å². The van der Waals surface area contributed by atoms with Crippen LogP contribution in [0, 0.1) is 6.92 Å². The summed E-state index contributed by atoms with van der Waals surface area (Å²) in [4.78, 5) is 5.35. The minimum absolute atomic E-state index is 0.464. The molecular formula is C13H14N2OS. The zero-order valence-electron chi connectivity index (χ0n) is 9.81. The van der Waals surface area contributed by atoms with Crippen LogP contribution < -0.4 is 10.5 Å². The summed E-state index contributed by atoms with van der Waals surface area (Å²) < 4.78 is 5.76. The predicted molar refractivity (Wildman–Crippen MR) is 71.7 cm³/mol. The topological polar surface area (TPSA) is 48.1 Å². The van der Waals surface area contributed by atoms with E-state index < -0.39 is 0 Å². The fourth-order valence-electron chi connectivity index (χ4n) is 1.43. The number of benzene rings is 1. The summed E-state index contributed by atoms with van der Waals surface area (Å²) in [6.45, 7) is 1.91. The number of para-hydroxylation sites is 1. The second kappa shape index (κ2) is 5.10. The van der Waals surface area contributed by atoms with E-state index >= 15 is 0 Å². The lowest BCUT2D eigenvalue weighted by atomic mass is 10.3. The molecule has 0 spiro atoms. The van der Waals surface area contributed by atoms with Crippen LogP contribution in [0.1, 0.15) is 5.69 Å². The fourth-order valence-corrected chi connectivity index (χ4v) is 1.96. The average molecular weight is 246 g/mol. The van der Waals surface area contributed by atoms with E-state index in [1.807, 2.05) is 43.5 Å². The lowest BCUT2D eigenvalue weighted by Gasteiger charge is -2.10. The van der Waals surface area contributed by atoms with E-state index in [2.05, 4.69) is 4.98 Å². The van der Waals surface area contributed by atoms with Gasteiger partial charge in [0.2, 0.25) is 5.88 Å². The number of ether oxygens (including phenoxy) is 1. The molecule has 0 unspecified atom stereocenters. The molecule has 0 atom stereocenters. The van der Waals surface area contributed by atoms with E-state index in [-0.39, 0.29) is 0 Å². The van der Waals surface area contributed by atoms with Gasteiger partial charge < -0.3 is 10.5 Å². The van der Waals surface area contributed by atoms with Crippen LogP contribution in [0.25, 0.3) is 0 Å². The summed E-state index contributed by atoms with van der Waals surface area (Å²) in [6, 6.07) is 11.5. The normalized spacial score (nSPS) is 10.2. The van der Waals surface area contributed by atoms with Crippen LogP contribution in [0.15, 0.2) is 41.3 Å². The Hall–Kier alpha value is -1.68. The molecule has 17 heavy (non-hydrogen) atoms. The van der Waals surface area contributed by atoms with Crippen molar-refractivity contribution >= 4 is 17.4 Å². The number of pyridine rings is 1. The summed E-state index contributed by atoms with van der Waals surface area (Å²) >= 11 is 1.63. The lowest BCUT2D eigenvalue weighted by Crippen LogP contribution is -1.96. The second-order valence-electron chi connectivity index (χ2n) is 3.60. The molecule has 0 aliphatic rings. The van der Waals surface area contributed by atoms with Gasteiger partial charge in [-0.25, -0.2) is 4.98 Å². The highest BCUT2D eigenvalue weighted by molar-refractivity contribution is 7.98. The van der Waals surface area contributed by atoms with Crippen molar-refractivity contribution in [2.45, 2.75) is 11.8 Å². The standard InChI is InChI=1S/C13H14N2OS/c1-9-7-8-10(14)13(15-9)16-11-5-3-4-6-12(11)17-2/h3-8H,14H2,1-2H3. The van der Waals surface area contributed by atoms with Gasteiger partial charge in [-0.05, 0) is 37.4 Å². The molecule has 1 heterocycles. The first kappa shape index (κ1) is 11.8. The average Bonchev–Trinajstić information content (AvgIpc) is 2.34. The third-order valence-electron chi connectivity index (χ3n) is 2.30. The highest BCUT2D eigenvalue weighted by atomic mass is 32.2. The van der Waals surface area contributed by atoms with E-state index in [4.69, 9.17) is 10.5 Å². The molecule has 0 bridgehead atoms. The summed E-state index contributed by atoms with van der Waals surface area (Å²) in [7, 11) is 0.